The molecule has 0 amide bonds. The van der Waals surface area contributed by atoms with Crippen molar-refractivity contribution in [2.75, 3.05) is 11.5 Å². The zero-order valence-corrected chi connectivity index (χ0v) is 10.6. The van der Waals surface area contributed by atoms with Crippen molar-refractivity contribution >= 4 is 23.4 Å². The molecule has 1 heterocycles. The highest BCUT2D eigenvalue weighted by atomic mass is 32.2. The third kappa shape index (κ3) is 2.65. The summed E-state index contributed by atoms with van der Waals surface area (Å²) >= 11 is 1.27. The van der Waals surface area contributed by atoms with Gasteiger partial charge in [-0.3, -0.25) is 9.59 Å². The Morgan fingerprint density at radius 3 is 2.78 bits per heavy atom. The van der Waals surface area contributed by atoms with Crippen LogP contribution in [0.25, 0.3) is 0 Å². The second-order valence-corrected chi connectivity index (χ2v) is 4.72. The van der Waals surface area contributed by atoms with E-state index in [9.17, 15) is 9.59 Å². The quantitative estimate of drug-likeness (QED) is 0.675. The minimum Gasteiger partial charge on any atom is -0.398 e. The number of carbonyl (C=O) groups is 1. The third-order valence-corrected chi connectivity index (χ3v) is 3.33. The van der Waals surface area contributed by atoms with Gasteiger partial charge in [0.25, 0.3) is 11.5 Å². The maximum atomic E-state index is 11.8. The van der Waals surface area contributed by atoms with Crippen molar-refractivity contribution in [3.8, 4) is 0 Å². The van der Waals surface area contributed by atoms with Crippen molar-refractivity contribution in [1.82, 2.24) is 4.74 Å². The van der Waals surface area contributed by atoms with Crippen molar-refractivity contribution in [2.24, 2.45) is 0 Å². The van der Waals surface area contributed by atoms with Gasteiger partial charge < -0.3 is 10.3 Å². The molecule has 6 heteroatoms. The van der Waals surface area contributed by atoms with Crippen LogP contribution in [0.1, 0.15) is 10.6 Å². The van der Waals surface area contributed by atoms with Gasteiger partial charge in [-0.2, -0.15) is 0 Å². The number of para-hydroxylation sites is 1. The number of rotatable bonds is 3. The largest absolute Gasteiger partial charge is 0.398 e. The summed E-state index contributed by atoms with van der Waals surface area (Å²) in [4.78, 5) is 24.0. The first-order valence-corrected chi connectivity index (χ1v) is 6.27. The highest BCUT2D eigenvalue weighted by molar-refractivity contribution is 8.00. The summed E-state index contributed by atoms with van der Waals surface area (Å²) in [6.07, 6.45) is 0. The second-order valence-electron chi connectivity index (χ2n) is 3.70. The third-order valence-electron chi connectivity index (χ3n) is 2.26. The zero-order chi connectivity index (χ0) is 13.1. The number of aryl methyl sites for hydroxylation is 1. The van der Waals surface area contributed by atoms with Crippen molar-refractivity contribution < 1.29 is 9.32 Å². The van der Waals surface area contributed by atoms with Crippen molar-refractivity contribution in [3.05, 3.63) is 46.4 Å². The summed E-state index contributed by atoms with van der Waals surface area (Å²) in [6.45, 7) is 1.62. The molecule has 0 aliphatic carbocycles. The Balaban J connectivity index is 2.08. The molecule has 2 rings (SSSR count). The Labute approximate surface area is 108 Å². The molecule has 5 nitrogen and oxygen atoms in total. The molecule has 0 saturated heterocycles. The number of thioether (sulfide) groups is 1. The van der Waals surface area contributed by atoms with Crippen LogP contribution in [0.15, 0.2) is 44.5 Å². The molecule has 0 radical (unpaired) electrons. The molecule has 0 spiro atoms. The molecule has 0 aliphatic heterocycles. The van der Waals surface area contributed by atoms with Crippen LogP contribution in [-0.2, 0) is 0 Å². The van der Waals surface area contributed by atoms with Gasteiger partial charge in [-0.15, -0.1) is 16.5 Å². The van der Waals surface area contributed by atoms with Gasteiger partial charge in [0, 0.05) is 16.6 Å². The fourth-order valence-corrected chi connectivity index (χ4v) is 2.24. The second kappa shape index (κ2) is 5.14. The van der Waals surface area contributed by atoms with Crippen molar-refractivity contribution in [2.45, 2.75) is 11.8 Å². The standard InChI is InChI=1S/C12H12N2O3S/c1-8-6-11(15)14(17-8)12(16)7-18-10-5-3-2-4-9(10)13/h2-6H,7,13H2,1H3. The number of nitrogen functional groups attached to an aromatic ring is 1. The first-order valence-electron chi connectivity index (χ1n) is 5.28. The molecule has 1 aromatic carbocycles. The Morgan fingerprint density at radius 2 is 2.17 bits per heavy atom. The molecule has 0 unspecified atom stereocenters. The zero-order valence-electron chi connectivity index (χ0n) is 9.75. The number of hydrogen-bond acceptors (Lipinski definition) is 5. The van der Waals surface area contributed by atoms with Crippen LogP contribution in [0, 0.1) is 6.92 Å². The van der Waals surface area contributed by atoms with E-state index in [1.165, 1.54) is 17.8 Å². The Kier molecular flexibility index (Phi) is 3.57. The fraction of sp³-hybridized carbons (Fsp3) is 0.167. The predicted octanol–water partition coefficient (Wildman–Crippen LogP) is 1.76. The van der Waals surface area contributed by atoms with E-state index in [-0.39, 0.29) is 5.75 Å². The van der Waals surface area contributed by atoms with Crippen molar-refractivity contribution in [3.63, 3.8) is 0 Å². The first kappa shape index (κ1) is 12.5. The molecule has 0 bridgehead atoms. The van der Waals surface area contributed by atoms with Gasteiger partial charge >= 0.3 is 0 Å². The minimum atomic E-state index is -0.445. The van der Waals surface area contributed by atoms with Crippen LogP contribution in [0.3, 0.4) is 0 Å². The lowest BCUT2D eigenvalue weighted by atomic mass is 10.3. The van der Waals surface area contributed by atoms with Gasteiger partial charge in [-0.1, -0.05) is 12.1 Å². The van der Waals surface area contributed by atoms with Crippen LogP contribution in [-0.4, -0.2) is 16.4 Å². The van der Waals surface area contributed by atoms with E-state index in [1.54, 1.807) is 13.0 Å². The van der Waals surface area contributed by atoms with Crippen LogP contribution >= 0.6 is 11.8 Å². The highest BCUT2D eigenvalue weighted by Crippen LogP contribution is 2.24. The van der Waals surface area contributed by atoms with E-state index in [2.05, 4.69) is 0 Å². The number of nitrogens with zero attached hydrogens (tertiary/aromatic N) is 1. The molecule has 18 heavy (non-hydrogen) atoms. The molecule has 0 fully saturated rings. The Bertz CT molecular complexity index is 630. The van der Waals surface area contributed by atoms with E-state index in [0.717, 1.165) is 9.64 Å². The maximum absolute atomic E-state index is 11.8. The predicted molar refractivity (Wildman–Crippen MR) is 69.9 cm³/mol. The number of hydrogen-bond donors (Lipinski definition) is 1. The van der Waals surface area contributed by atoms with E-state index in [4.69, 9.17) is 10.3 Å². The first-order chi connectivity index (χ1) is 8.58. The van der Waals surface area contributed by atoms with Crippen molar-refractivity contribution in [1.29, 1.82) is 0 Å². The highest BCUT2D eigenvalue weighted by Gasteiger charge is 2.12. The molecule has 0 saturated carbocycles. The number of carbonyl (C=O) groups excluding carboxylic acids is 1. The molecule has 0 atom stereocenters. The molecule has 94 valence electrons. The summed E-state index contributed by atoms with van der Waals surface area (Å²) in [6, 6.07) is 8.52. The van der Waals surface area contributed by atoms with Crippen LogP contribution in [0.4, 0.5) is 5.69 Å². The van der Waals surface area contributed by atoms with Crippen LogP contribution < -0.4 is 11.3 Å². The maximum Gasteiger partial charge on any atom is 0.290 e. The Morgan fingerprint density at radius 1 is 1.44 bits per heavy atom. The minimum absolute atomic E-state index is 0.0983. The van der Waals surface area contributed by atoms with E-state index in [0.29, 0.717) is 11.4 Å². The average Bonchev–Trinajstić information content (AvgIpc) is 2.67. The van der Waals surface area contributed by atoms with Gasteiger partial charge in [0.2, 0.25) is 0 Å². The molecular formula is C12H12N2O3S. The van der Waals surface area contributed by atoms with E-state index < -0.39 is 11.5 Å². The van der Waals surface area contributed by atoms with Gasteiger partial charge in [-0.25, -0.2) is 0 Å². The normalized spacial score (nSPS) is 10.5. The van der Waals surface area contributed by atoms with E-state index in [1.807, 2.05) is 18.2 Å². The number of anilines is 1. The van der Waals surface area contributed by atoms with Gasteiger partial charge in [0.1, 0.15) is 5.76 Å². The topological polar surface area (TPSA) is 78.2 Å². The smallest absolute Gasteiger partial charge is 0.290 e. The SMILES string of the molecule is Cc1cc(=O)n(C(=O)CSc2ccccc2N)o1. The molecule has 0 aliphatic rings. The number of nitrogens with two attached hydrogens (primary N) is 1. The average molecular weight is 264 g/mol. The lowest BCUT2D eigenvalue weighted by Crippen LogP contribution is -2.23. The van der Waals surface area contributed by atoms with Crippen LogP contribution in [0.5, 0.6) is 0 Å². The number of aromatic nitrogens is 1. The van der Waals surface area contributed by atoms with Gasteiger partial charge in [0.05, 0.1) is 5.75 Å². The molecule has 1 aromatic heterocycles. The monoisotopic (exact) mass is 264 g/mol. The summed E-state index contributed by atoms with van der Waals surface area (Å²) in [5.41, 5.74) is 5.92. The lowest BCUT2D eigenvalue weighted by molar-refractivity contribution is 0.0813. The summed E-state index contributed by atoms with van der Waals surface area (Å²) in [5.74, 6) is 0.111. The lowest BCUT2D eigenvalue weighted by Gasteiger charge is -2.03. The van der Waals surface area contributed by atoms with Gasteiger partial charge in [-0.05, 0) is 19.1 Å². The summed E-state index contributed by atoms with van der Waals surface area (Å²) in [7, 11) is 0. The Hall–Kier alpha value is -1.95. The fourth-order valence-electron chi connectivity index (χ4n) is 1.43. The van der Waals surface area contributed by atoms with E-state index >= 15 is 0 Å². The number of benzene rings is 1. The summed E-state index contributed by atoms with van der Waals surface area (Å²) < 4.78 is 5.77. The molecule has 2 aromatic rings. The molecule has 2 N–H and O–H groups in total. The summed E-state index contributed by atoms with van der Waals surface area (Å²) in [5, 5.41) is 0. The van der Waals surface area contributed by atoms with Gasteiger partial charge in [0.15, 0.2) is 0 Å². The molecular weight excluding hydrogens is 252 g/mol. The van der Waals surface area contributed by atoms with Crippen LogP contribution in [0.2, 0.25) is 0 Å².